The summed E-state index contributed by atoms with van der Waals surface area (Å²) >= 11 is 6.15. The normalized spacial score (nSPS) is 11.2. The number of aryl methyl sites for hydroxylation is 1. The third kappa shape index (κ3) is 4.30. The highest BCUT2D eigenvalue weighted by Gasteiger charge is 2.17. The number of nitrogens with zero attached hydrogens (tertiary/aromatic N) is 3. The van der Waals surface area contributed by atoms with Crippen molar-refractivity contribution in [3.8, 4) is 17.0 Å². The lowest BCUT2D eigenvalue weighted by molar-refractivity contribution is 0.475. The van der Waals surface area contributed by atoms with Crippen molar-refractivity contribution in [2.24, 2.45) is 0 Å². The van der Waals surface area contributed by atoms with E-state index in [2.05, 4.69) is 15.3 Å². The van der Waals surface area contributed by atoms with Crippen LogP contribution in [0.1, 0.15) is 11.1 Å². The molecule has 5 nitrogen and oxygen atoms in total. The van der Waals surface area contributed by atoms with E-state index < -0.39 is 11.6 Å². The summed E-state index contributed by atoms with van der Waals surface area (Å²) in [5.41, 5.74) is 4.35. The molecule has 170 valence electrons. The molecule has 0 saturated heterocycles. The van der Waals surface area contributed by atoms with E-state index in [1.54, 1.807) is 24.3 Å². The number of rotatable bonds is 5. The molecule has 0 bridgehead atoms. The highest BCUT2D eigenvalue weighted by Crippen LogP contribution is 2.33. The highest BCUT2D eigenvalue weighted by atomic mass is 35.5. The van der Waals surface area contributed by atoms with Crippen LogP contribution in [0, 0.1) is 18.6 Å². The molecular formula is C26H19ClF2N4O. The van der Waals surface area contributed by atoms with Gasteiger partial charge in [0.1, 0.15) is 35.2 Å². The maximum absolute atomic E-state index is 13.9. The number of phenols is 1. The number of hydrogen-bond acceptors (Lipinski definition) is 4. The molecule has 0 spiro atoms. The van der Waals surface area contributed by atoms with Gasteiger partial charge >= 0.3 is 0 Å². The molecule has 0 aliphatic carbocycles. The maximum Gasteiger partial charge on any atom is 0.146 e. The van der Waals surface area contributed by atoms with Crippen molar-refractivity contribution >= 4 is 34.1 Å². The van der Waals surface area contributed by atoms with Crippen LogP contribution in [0.2, 0.25) is 5.02 Å². The molecule has 0 aliphatic heterocycles. The van der Waals surface area contributed by atoms with E-state index in [9.17, 15) is 13.9 Å². The van der Waals surface area contributed by atoms with Crippen molar-refractivity contribution < 1.29 is 13.9 Å². The van der Waals surface area contributed by atoms with Crippen LogP contribution in [-0.2, 0) is 6.54 Å². The largest absolute Gasteiger partial charge is 0.508 e. The second-order valence-electron chi connectivity index (χ2n) is 7.99. The second kappa shape index (κ2) is 8.76. The van der Waals surface area contributed by atoms with Gasteiger partial charge in [0.05, 0.1) is 11.1 Å². The van der Waals surface area contributed by atoms with E-state index in [4.69, 9.17) is 11.6 Å². The Morgan fingerprint density at radius 1 is 0.941 bits per heavy atom. The van der Waals surface area contributed by atoms with Crippen molar-refractivity contribution in [2.45, 2.75) is 13.5 Å². The van der Waals surface area contributed by atoms with Gasteiger partial charge in [0, 0.05) is 23.3 Å². The van der Waals surface area contributed by atoms with Crippen LogP contribution < -0.4 is 5.32 Å². The topological polar surface area (TPSA) is 63.0 Å². The quantitative estimate of drug-likeness (QED) is 0.291. The number of anilines is 2. The Labute approximate surface area is 199 Å². The van der Waals surface area contributed by atoms with E-state index in [1.807, 2.05) is 35.8 Å². The number of phenolic OH excluding ortho intramolecular Hbond substituents is 1. The van der Waals surface area contributed by atoms with Crippen LogP contribution in [0.15, 0.2) is 73.1 Å². The molecule has 0 amide bonds. The lowest BCUT2D eigenvalue weighted by atomic mass is 10.1. The summed E-state index contributed by atoms with van der Waals surface area (Å²) in [7, 11) is 0. The number of halogens is 3. The summed E-state index contributed by atoms with van der Waals surface area (Å²) in [5, 5.41) is 14.4. The molecule has 0 unspecified atom stereocenters. The third-order valence-electron chi connectivity index (χ3n) is 5.54. The Bertz CT molecular complexity index is 1500. The molecule has 2 N–H and O–H groups in total. The summed E-state index contributed by atoms with van der Waals surface area (Å²) in [6.07, 6.45) is 1.44. The first-order chi connectivity index (χ1) is 16.4. The zero-order chi connectivity index (χ0) is 23.8. The molecule has 2 aromatic heterocycles. The Morgan fingerprint density at radius 2 is 1.68 bits per heavy atom. The minimum atomic E-state index is -0.646. The first-order valence-corrected chi connectivity index (χ1v) is 10.9. The van der Waals surface area contributed by atoms with Crippen LogP contribution in [0.25, 0.3) is 22.3 Å². The molecule has 5 aromatic rings. The molecule has 0 saturated carbocycles. The number of aromatic nitrogens is 3. The van der Waals surface area contributed by atoms with Gasteiger partial charge in [0.25, 0.3) is 0 Å². The van der Waals surface area contributed by atoms with E-state index in [0.29, 0.717) is 22.1 Å². The van der Waals surface area contributed by atoms with Crippen LogP contribution in [-0.4, -0.2) is 19.6 Å². The molecule has 8 heteroatoms. The van der Waals surface area contributed by atoms with Crippen LogP contribution in [0.4, 0.5) is 20.3 Å². The monoisotopic (exact) mass is 476 g/mol. The van der Waals surface area contributed by atoms with Crippen molar-refractivity contribution in [1.29, 1.82) is 0 Å². The molecule has 0 aliphatic rings. The minimum absolute atomic E-state index is 0.138. The van der Waals surface area contributed by atoms with Gasteiger partial charge in [-0.25, -0.2) is 18.7 Å². The summed E-state index contributed by atoms with van der Waals surface area (Å²) in [6, 6.07) is 17.7. The summed E-state index contributed by atoms with van der Waals surface area (Å²) in [6.45, 7) is 2.10. The predicted molar refractivity (Wildman–Crippen MR) is 130 cm³/mol. The van der Waals surface area contributed by atoms with Gasteiger partial charge in [0.2, 0.25) is 0 Å². The molecule has 34 heavy (non-hydrogen) atoms. The number of aromatic hydroxyl groups is 1. The average molecular weight is 477 g/mol. The fraction of sp³-hybridized carbons (Fsp3) is 0.0769. The number of nitrogens with one attached hydrogen (secondary N) is 1. The molecule has 2 heterocycles. The van der Waals surface area contributed by atoms with Gasteiger partial charge in [0.15, 0.2) is 0 Å². The number of benzene rings is 3. The first kappa shape index (κ1) is 21.9. The third-order valence-corrected chi connectivity index (χ3v) is 5.96. The minimum Gasteiger partial charge on any atom is -0.508 e. The standard InChI is InChI=1S/C26H19ClF2N4O/c1-15-8-20(4-7-23(15)27)32-25-22-12-24(17-2-5-21(34)6-3-17)33(26(22)31-14-30-25)13-16-9-18(28)11-19(29)10-16/h2-12,14,34H,13H2,1H3,(H,30,31,32). The number of fused-ring (bicyclic) bond motifs is 1. The highest BCUT2D eigenvalue weighted by molar-refractivity contribution is 6.31. The number of hydrogen-bond donors (Lipinski definition) is 2. The van der Waals surface area contributed by atoms with Gasteiger partial charge < -0.3 is 15.0 Å². The van der Waals surface area contributed by atoms with Gasteiger partial charge in [-0.2, -0.15) is 0 Å². The van der Waals surface area contributed by atoms with E-state index in [0.717, 1.165) is 34.0 Å². The van der Waals surface area contributed by atoms with Crippen LogP contribution in [0.5, 0.6) is 5.75 Å². The molecular weight excluding hydrogens is 458 g/mol. The van der Waals surface area contributed by atoms with Gasteiger partial charge in [-0.05, 0) is 84.3 Å². The summed E-state index contributed by atoms with van der Waals surface area (Å²) in [5.74, 6) is -0.574. The zero-order valence-corrected chi connectivity index (χ0v) is 18.8. The molecule has 0 atom stereocenters. The lowest BCUT2D eigenvalue weighted by Crippen LogP contribution is -2.04. The Morgan fingerprint density at radius 3 is 2.38 bits per heavy atom. The maximum atomic E-state index is 13.9. The Hall–Kier alpha value is -3.97. The van der Waals surface area contributed by atoms with Gasteiger partial charge in [-0.1, -0.05) is 11.6 Å². The van der Waals surface area contributed by atoms with Gasteiger partial charge in [-0.3, -0.25) is 0 Å². The van der Waals surface area contributed by atoms with E-state index >= 15 is 0 Å². The fourth-order valence-electron chi connectivity index (χ4n) is 3.94. The lowest BCUT2D eigenvalue weighted by Gasteiger charge is -2.12. The molecule has 0 fully saturated rings. The van der Waals surface area contributed by atoms with Crippen molar-refractivity contribution in [3.05, 3.63) is 101 Å². The smallest absolute Gasteiger partial charge is 0.146 e. The molecule has 5 rings (SSSR count). The van der Waals surface area contributed by atoms with Crippen LogP contribution in [0.3, 0.4) is 0 Å². The Balaban J connectivity index is 1.66. The average Bonchev–Trinajstić information content (AvgIpc) is 3.15. The SMILES string of the molecule is Cc1cc(Nc2ncnc3c2cc(-c2ccc(O)cc2)n3Cc2cc(F)cc(F)c2)ccc1Cl. The van der Waals surface area contributed by atoms with E-state index in [1.165, 1.54) is 18.5 Å². The summed E-state index contributed by atoms with van der Waals surface area (Å²) in [4.78, 5) is 8.90. The molecule has 3 aromatic carbocycles. The molecule has 0 radical (unpaired) electrons. The van der Waals surface area contributed by atoms with Crippen molar-refractivity contribution in [3.63, 3.8) is 0 Å². The Kier molecular flexibility index (Phi) is 5.63. The summed E-state index contributed by atoms with van der Waals surface area (Å²) < 4.78 is 29.6. The fourth-order valence-corrected chi connectivity index (χ4v) is 4.06. The first-order valence-electron chi connectivity index (χ1n) is 10.5. The second-order valence-corrected chi connectivity index (χ2v) is 8.40. The van der Waals surface area contributed by atoms with Crippen molar-refractivity contribution in [1.82, 2.24) is 14.5 Å². The van der Waals surface area contributed by atoms with Gasteiger partial charge in [-0.15, -0.1) is 0 Å². The zero-order valence-electron chi connectivity index (χ0n) is 18.1. The van der Waals surface area contributed by atoms with Crippen molar-refractivity contribution in [2.75, 3.05) is 5.32 Å². The van der Waals surface area contributed by atoms with E-state index in [-0.39, 0.29) is 12.3 Å². The van der Waals surface area contributed by atoms with Crippen LogP contribution >= 0.6 is 11.6 Å². The predicted octanol–water partition coefficient (Wildman–Crippen LogP) is 6.84.